The van der Waals surface area contributed by atoms with Crippen molar-refractivity contribution < 1.29 is 38.6 Å². The number of amides is 4. The molecule has 1 aromatic rings. The van der Waals surface area contributed by atoms with Crippen LogP contribution < -0.4 is 10.1 Å². The Bertz CT molecular complexity index is 1000. The molecule has 0 aliphatic carbocycles. The van der Waals surface area contributed by atoms with Crippen molar-refractivity contribution in [1.82, 2.24) is 10.2 Å². The van der Waals surface area contributed by atoms with Crippen LogP contribution in [0.2, 0.25) is 0 Å². The molecule has 1 aromatic carbocycles. The average Bonchev–Trinajstić information content (AvgIpc) is 3.04. The molecule has 2 heterocycles. The number of ketones is 1. The van der Waals surface area contributed by atoms with Gasteiger partial charge in [0.05, 0.1) is 17.7 Å². The lowest BCUT2D eigenvalue weighted by Crippen LogP contribution is -2.54. The number of aliphatic carboxylic acids is 1. The molecule has 34 heavy (non-hydrogen) atoms. The summed E-state index contributed by atoms with van der Waals surface area (Å²) in [5, 5.41) is 10.8. The first-order valence-corrected chi connectivity index (χ1v) is 11.5. The van der Waals surface area contributed by atoms with Crippen molar-refractivity contribution >= 4 is 35.4 Å². The fourth-order valence-electron chi connectivity index (χ4n) is 4.13. The van der Waals surface area contributed by atoms with E-state index < -0.39 is 35.6 Å². The minimum absolute atomic E-state index is 0.00561. The van der Waals surface area contributed by atoms with Crippen molar-refractivity contribution in [2.45, 2.75) is 70.3 Å². The predicted octanol–water partition coefficient (Wildman–Crippen LogP) is 2.24. The van der Waals surface area contributed by atoms with Crippen LogP contribution in [0.3, 0.4) is 0 Å². The molecule has 10 heteroatoms. The number of nitrogens with one attached hydrogen (secondary N) is 1. The lowest BCUT2D eigenvalue weighted by molar-refractivity contribution is -0.138. The highest BCUT2D eigenvalue weighted by Crippen LogP contribution is 2.33. The average molecular weight is 472 g/mol. The van der Waals surface area contributed by atoms with E-state index in [0.717, 1.165) is 24.2 Å². The highest BCUT2D eigenvalue weighted by molar-refractivity contribution is 6.24. The quantitative estimate of drug-likeness (QED) is 0.328. The standard InChI is InChI=1S/C24H28N2O8/c27-15(8-5-11-20(29)30)7-3-1-2-4-14-34-18-10-6-9-16-21(18)24(33)26(23(16)32)17-12-13-19(28)25-22(17)31/h6,9-10,17H,1-5,7-8,11-14H2,(H,29,30)(H,25,28,31). The number of imide groups is 2. The van der Waals surface area contributed by atoms with Crippen molar-refractivity contribution in [3.8, 4) is 5.75 Å². The van der Waals surface area contributed by atoms with Gasteiger partial charge >= 0.3 is 5.97 Å². The number of fused-ring (bicyclic) bond motifs is 1. The molecule has 10 nitrogen and oxygen atoms in total. The molecule has 0 bridgehead atoms. The summed E-state index contributed by atoms with van der Waals surface area (Å²) in [6.45, 7) is 0.322. The van der Waals surface area contributed by atoms with Crippen LogP contribution in [0.5, 0.6) is 5.75 Å². The van der Waals surface area contributed by atoms with Crippen LogP contribution in [0.25, 0.3) is 0 Å². The Morgan fingerprint density at radius 2 is 1.71 bits per heavy atom. The minimum atomic E-state index is -1.02. The minimum Gasteiger partial charge on any atom is -0.493 e. The van der Waals surface area contributed by atoms with Gasteiger partial charge in [0.1, 0.15) is 17.6 Å². The third-order valence-corrected chi connectivity index (χ3v) is 5.88. The molecule has 2 N–H and O–H groups in total. The molecule has 0 radical (unpaired) electrons. The van der Waals surface area contributed by atoms with Gasteiger partial charge in [0.15, 0.2) is 0 Å². The SMILES string of the molecule is O=C(O)CCCC(=O)CCCCCCOc1cccc2c1C(=O)N(C1CCC(=O)NC1=O)C2=O. The molecule has 1 fully saturated rings. The summed E-state index contributed by atoms with van der Waals surface area (Å²) in [5.41, 5.74) is 0.303. The van der Waals surface area contributed by atoms with E-state index in [-0.39, 0.29) is 48.3 Å². The van der Waals surface area contributed by atoms with E-state index in [0.29, 0.717) is 25.9 Å². The summed E-state index contributed by atoms with van der Waals surface area (Å²) in [7, 11) is 0. The summed E-state index contributed by atoms with van der Waals surface area (Å²) in [6, 6.07) is 3.71. The van der Waals surface area contributed by atoms with E-state index in [1.165, 1.54) is 6.07 Å². The van der Waals surface area contributed by atoms with Crippen LogP contribution in [0.4, 0.5) is 0 Å². The molecule has 0 saturated carbocycles. The van der Waals surface area contributed by atoms with Crippen LogP contribution in [0, 0.1) is 0 Å². The van der Waals surface area contributed by atoms with Gasteiger partial charge in [-0.3, -0.25) is 39.0 Å². The zero-order valence-corrected chi connectivity index (χ0v) is 18.8. The number of nitrogens with zero attached hydrogens (tertiary/aromatic N) is 1. The van der Waals surface area contributed by atoms with E-state index in [1.807, 2.05) is 0 Å². The van der Waals surface area contributed by atoms with Gasteiger partial charge in [-0.15, -0.1) is 0 Å². The number of benzene rings is 1. The van der Waals surface area contributed by atoms with E-state index in [1.54, 1.807) is 12.1 Å². The van der Waals surface area contributed by atoms with Crippen LogP contribution in [-0.4, -0.2) is 58.0 Å². The number of rotatable bonds is 13. The van der Waals surface area contributed by atoms with Gasteiger partial charge in [-0.1, -0.05) is 18.9 Å². The molecule has 2 aliphatic heterocycles. The Labute approximate surface area is 196 Å². The molecule has 1 saturated heterocycles. The number of carboxylic acid groups (broad SMARTS) is 1. The molecule has 0 spiro atoms. The maximum Gasteiger partial charge on any atom is 0.303 e. The summed E-state index contributed by atoms with van der Waals surface area (Å²) in [4.78, 5) is 72.5. The number of hydrogen-bond acceptors (Lipinski definition) is 7. The molecule has 182 valence electrons. The summed E-state index contributed by atoms with van der Waals surface area (Å²) in [6.07, 6.45) is 4.29. The highest BCUT2D eigenvalue weighted by atomic mass is 16.5. The Kier molecular flexibility index (Phi) is 8.50. The lowest BCUT2D eigenvalue weighted by Gasteiger charge is -2.27. The number of carbonyl (C=O) groups is 6. The fraction of sp³-hybridized carbons (Fsp3) is 0.500. The molecule has 1 unspecified atom stereocenters. The summed E-state index contributed by atoms with van der Waals surface area (Å²) in [5.74, 6) is -2.82. The first-order chi connectivity index (χ1) is 16.3. The second-order valence-corrected chi connectivity index (χ2v) is 8.42. The third kappa shape index (κ3) is 6.06. The van der Waals surface area contributed by atoms with Gasteiger partial charge < -0.3 is 9.84 Å². The molecule has 2 aliphatic rings. The van der Waals surface area contributed by atoms with E-state index in [9.17, 15) is 28.8 Å². The number of carbonyl (C=O) groups excluding carboxylic acids is 5. The van der Waals surface area contributed by atoms with E-state index in [2.05, 4.69) is 5.32 Å². The van der Waals surface area contributed by atoms with Crippen molar-refractivity contribution in [3.05, 3.63) is 29.3 Å². The first-order valence-electron chi connectivity index (χ1n) is 11.5. The van der Waals surface area contributed by atoms with Gasteiger partial charge in [-0.05, 0) is 37.8 Å². The second kappa shape index (κ2) is 11.5. The van der Waals surface area contributed by atoms with E-state index in [4.69, 9.17) is 9.84 Å². The van der Waals surface area contributed by atoms with Crippen LogP contribution in [0.1, 0.15) is 84.9 Å². The molecule has 3 rings (SSSR count). The predicted molar refractivity (Wildman–Crippen MR) is 118 cm³/mol. The smallest absolute Gasteiger partial charge is 0.303 e. The maximum absolute atomic E-state index is 13.0. The molecule has 1 atom stereocenters. The monoisotopic (exact) mass is 472 g/mol. The van der Waals surface area contributed by atoms with Gasteiger partial charge in [0.25, 0.3) is 11.8 Å². The number of Topliss-reactive ketones (excluding diaryl/α,β-unsaturated/α-hetero) is 1. The topological polar surface area (TPSA) is 147 Å². The zero-order valence-electron chi connectivity index (χ0n) is 18.8. The molecular weight excluding hydrogens is 444 g/mol. The largest absolute Gasteiger partial charge is 0.493 e. The zero-order chi connectivity index (χ0) is 24.7. The fourth-order valence-corrected chi connectivity index (χ4v) is 4.13. The Hall–Kier alpha value is -3.56. The third-order valence-electron chi connectivity index (χ3n) is 5.88. The van der Waals surface area contributed by atoms with Crippen molar-refractivity contribution in [3.63, 3.8) is 0 Å². The van der Waals surface area contributed by atoms with Crippen molar-refractivity contribution in [1.29, 1.82) is 0 Å². The Morgan fingerprint density at radius 1 is 0.971 bits per heavy atom. The molecule has 0 aromatic heterocycles. The maximum atomic E-state index is 13.0. The van der Waals surface area contributed by atoms with Gasteiger partial charge in [-0.25, -0.2) is 0 Å². The van der Waals surface area contributed by atoms with Crippen LogP contribution in [-0.2, 0) is 19.2 Å². The normalized spacial score (nSPS) is 17.5. The van der Waals surface area contributed by atoms with Gasteiger partial charge in [0.2, 0.25) is 11.8 Å². The van der Waals surface area contributed by atoms with E-state index >= 15 is 0 Å². The number of unbranched alkanes of at least 4 members (excludes halogenated alkanes) is 3. The van der Waals surface area contributed by atoms with Crippen molar-refractivity contribution in [2.24, 2.45) is 0 Å². The Morgan fingerprint density at radius 3 is 2.44 bits per heavy atom. The summed E-state index contributed by atoms with van der Waals surface area (Å²) >= 11 is 0. The van der Waals surface area contributed by atoms with Crippen LogP contribution in [0.15, 0.2) is 18.2 Å². The van der Waals surface area contributed by atoms with Crippen LogP contribution >= 0.6 is 0 Å². The number of carboxylic acids is 1. The first kappa shape index (κ1) is 25.1. The number of hydrogen-bond donors (Lipinski definition) is 2. The highest BCUT2D eigenvalue weighted by Gasteiger charge is 2.45. The Balaban J connectivity index is 1.45. The second-order valence-electron chi connectivity index (χ2n) is 8.42. The molecular formula is C24H28N2O8. The number of ether oxygens (including phenoxy) is 1. The summed E-state index contributed by atoms with van der Waals surface area (Å²) < 4.78 is 5.77. The lowest BCUT2D eigenvalue weighted by atomic mass is 10.0. The molecule has 4 amide bonds. The van der Waals surface area contributed by atoms with Crippen molar-refractivity contribution in [2.75, 3.05) is 6.61 Å². The van der Waals surface area contributed by atoms with Gasteiger partial charge in [0, 0.05) is 25.7 Å². The number of piperidine rings is 1. The van der Waals surface area contributed by atoms with Gasteiger partial charge in [-0.2, -0.15) is 0 Å².